The second-order valence-electron chi connectivity index (χ2n) is 10.4. The fraction of sp³-hybridized carbons (Fsp3) is 0.212. The molecule has 6 rings (SSSR count). The van der Waals surface area contributed by atoms with Crippen molar-refractivity contribution in [3.63, 3.8) is 0 Å². The zero-order valence-corrected chi connectivity index (χ0v) is 23.7. The zero-order valence-electron chi connectivity index (χ0n) is 23.7. The molecular formula is C33H31N5O4. The molecule has 9 nitrogen and oxygen atoms in total. The van der Waals surface area contributed by atoms with Crippen molar-refractivity contribution in [1.82, 2.24) is 24.3 Å². The first kappa shape index (κ1) is 27.0. The van der Waals surface area contributed by atoms with Gasteiger partial charge < -0.3 is 4.74 Å². The van der Waals surface area contributed by atoms with Crippen molar-refractivity contribution in [3.8, 4) is 34.0 Å². The van der Waals surface area contributed by atoms with Crippen LogP contribution in [0.4, 0.5) is 0 Å². The molecule has 9 heteroatoms. The molecule has 3 heterocycles. The van der Waals surface area contributed by atoms with Gasteiger partial charge in [0, 0.05) is 23.6 Å². The average molecular weight is 562 g/mol. The van der Waals surface area contributed by atoms with Crippen molar-refractivity contribution in [2.45, 2.75) is 46.1 Å². The zero-order chi connectivity index (χ0) is 29.2. The van der Waals surface area contributed by atoms with Gasteiger partial charge in [0.15, 0.2) is 5.82 Å². The Kier molecular flexibility index (Phi) is 7.31. The molecule has 0 spiro atoms. The van der Waals surface area contributed by atoms with Crippen LogP contribution in [0, 0.1) is 0 Å². The molecule has 0 fully saturated rings. The summed E-state index contributed by atoms with van der Waals surface area (Å²) in [4.78, 5) is 28.3. The van der Waals surface area contributed by atoms with Crippen molar-refractivity contribution < 1.29 is 9.26 Å². The molecule has 0 aliphatic carbocycles. The van der Waals surface area contributed by atoms with Gasteiger partial charge in [-0.15, -0.1) is 0 Å². The number of fused-ring (bicyclic) bond motifs is 1. The number of H-pyrrole nitrogens is 1. The monoisotopic (exact) mass is 561 g/mol. The summed E-state index contributed by atoms with van der Waals surface area (Å²) in [6.07, 6.45) is 3.86. The Hall–Kier alpha value is -5.18. The highest BCUT2D eigenvalue weighted by Gasteiger charge is 2.19. The van der Waals surface area contributed by atoms with Crippen molar-refractivity contribution in [3.05, 3.63) is 123 Å². The third-order valence-electron chi connectivity index (χ3n) is 7.14. The Morgan fingerprint density at radius 2 is 1.67 bits per heavy atom. The van der Waals surface area contributed by atoms with Gasteiger partial charge in [0.05, 0.1) is 23.7 Å². The number of aromatic amines is 1. The van der Waals surface area contributed by atoms with Crippen LogP contribution in [0.3, 0.4) is 0 Å². The number of hydrogen-bond donors (Lipinski definition) is 1. The SMILES string of the molecule is CCCc1c(Cc2ccc(-c3ccccc3-c3noc(=O)[nH]3)cc2)c(=O)n(-c2ccc(OC(C)C)cc2)c2ccnn12. The van der Waals surface area contributed by atoms with Crippen LogP contribution in [0.2, 0.25) is 0 Å². The Morgan fingerprint density at radius 3 is 2.33 bits per heavy atom. The molecule has 0 radical (unpaired) electrons. The molecule has 0 atom stereocenters. The van der Waals surface area contributed by atoms with Crippen LogP contribution in [-0.2, 0) is 12.8 Å². The molecule has 1 N–H and O–H groups in total. The smallest absolute Gasteiger partial charge is 0.439 e. The fourth-order valence-corrected chi connectivity index (χ4v) is 5.32. The normalized spacial score (nSPS) is 11.4. The van der Waals surface area contributed by atoms with E-state index in [1.165, 1.54) is 0 Å². The summed E-state index contributed by atoms with van der Waals surface area (Å²) in [7, 11) is 0. The molecular weight excluding hydrogens is 530 g/mol. The van der Waals surface area contributed by atoms with Gasteiger partial charge in [-0.05, 0) is 61.2 Å². The van der Waals surface area contributed by atoms with Crippen molar-refractivity contribution >= 4 is 5.65 Å². The molecule has 42 heavy (non-hydrogen) atoms. The van der Waals surface area contributed by atoms with E-state index in [0.29, 0.717) is 17.8 Å². The third-order valence-corrected chi connectivity index (χ3v) is 7.14. The highest BCUT2D eigenvalue weighted by atomic mass is 16.5. The number of hydrogen-bond acceptors (Lipinski definition) is 6. The second kappa shape index (κ2) is 11.4. The molecule has 212 valence electrons. The van der Waals surface area contributed by atoms with E-state index >= 15 is 0 Å². The van der Waals surface area contributed by atoms with Crippen LogP contribution in [0.1, 0.15) is 44.0 Å². The van der Waals surface area contributed by atoms with Crippen molar-refractivity contribution in [2.75, 3.05) is 0 Å². The maximum atomic E-state index is 14.2. The summed E-state index contributed by atoms with van der Waals surface area (Å²) >= 11 is 0. The Morgan fingerprint density at radius 1 is 0.929 bits per heavy atom. The first-order chi connectivity index (χ1) is 20.4. The van der Waals surface area contributed by atoms with E-state index in [4.69, 9.17) is 9.26 Å². The lowest BCUT2D eigenvalue weighted by atomic mass is 9.96. The molecule has 3 aromatic heterocycles. The predicted molar refractivity (Wildman–Crippen MR) is 161 cm³/mol. The van der Waals surface area contributed by atoms with Crippen LogP contribution >= 0.6 is 0 Å². The lowest BCUT2D eigenvalue weighted by Crippen LogP contribution is -2.28. The van der Waals surface area contributed by atoms with E-state index < -0.39 is 5.76 Å². The van der Waals surface area contributed by atoms with Gasteiger partial charge in [-0.2, -0.15) is 5.10 Å². The number of benzene rings is 3. The van der Waals surface area contributed by atoms with Gasteiger partial charge in [0.2, 0.25) is 0 Å². The van der Waals surface area contributed by atoms with Crippen LogP contribution < -0.4 is 16.1 Å². The lowest BCUT2D eigenvalue weighted by molar-refractivity contribution is 0.242. The summed E-state index contributed by atoms with van der Waals surface area (Å²) in [5.41, 5.74) is 6.67. The Balaban J connectivity index is 1.40. The number of nitrogens with one attached hydrogen (secondary N) is 1. The molecule has 0 saturated carbocycles. The molecule has 0 aliphatic heterocycles. The number of ether oxygens (including phenoxy) is 1. The van der Waals surface area contributed by atoms with Crippen molar-refractivity contribution in [1.29, 1.82) is 0 Å². The van der Waals surface area contributed by atoms with Crippen LogP contribution in [-0.4, -0.2) is 30.4 Å². The minimum absolute atomic E-state index is 0.0613. The lowest BCUT2D eigenvalue weighted by Gasteiger charge is -2.17. The van der Waals surface area contributed by atoms with Gasteiger partial charge in [0.1, 0.15) is 11.4 Å². The van der Waals surface area contributed by atoms with E-state index in [-0.39, 0.29) is 11.7 Å². The molecule has 0 amide bonds. The number of aryl methyl sites for hydroxylation is 1. The van der Waals surface area contributed by atoms with Gasteiger partial charge >= 0.3 is 5.76 Å². The summed E-state index contributed by atoms with van der Waals surface area (Å²) in [5.74, 6) is 0.532. The van der Waals surface area contributed by atoms with E-state index in [0.717, 1.165) is 57.9 Å². The van der Waals surface area contributed by atoms with E-state index in [1.54, 1.807) is 10.8 Å². The maximum Gasteiger partial charge on any atom is 0.439 e. The van der Waals surface area contributed by atoms with Gasteiger partial charge in [-0.3, -0.25) is 18.9 Å². The molecule has 0 saturated heterocycles. The number of aromatic nitrogens is 5. The van der Waals surface area contributed by atoms with E-state index in [2.05, 4.69) is 22.2 Å². The number of nitrogens with zero attached hydrogens (tertiary/aromatic N) is 4. The second-order valence-corrected chi connectivity index (χ2v) is 10.4. The molecule has 0 aliphatic rings. The number of rotatable bonds is 9. The van der Waals surface area contributed by atoms with Gasteiger partial charge in [-0.25, -0.2) is 9.31 Å². The summed E-state index contributed by atoms with van der Waals surface area (Å²) in [6.45, 7) is 6.07. The minimum Gasteiger partial charge on any atom is -0.491 e. The first-order valence-electron chi connectivity index (χ1n) is 14.0. The fourth-order valence-electron chi connectivity index (χ4n) is 5.32. The highest BCUT2D eigenvalue weighted by molar-refractivity contribution is 5.80. The quantitative estimate of drug-likeness (QED) is 0.238. The predicted octanol–water partition coefficient (Wildman–Crippen LogP) is 5.83. The molecule has 6 aromatic rings. The van der Waals surface area contributed by atoms with E-state index in [9.17, 15) is 9.59 Å². The minimum atomic E-state index is -0.599. The average Bonchev–Trinajstić information content (AvgIpc) is 3.65. The maximum absolute atomic E-state index is 14.2. The first-order valence-corrected chi connectivity index (χ1v) is 14.0. The Labute approximate surface area is 242 Å². The Bertz CT molecular complexity index is 1960. The largest absolute Gasteiger partial charge is 0.491 e. The molecule has 0 bridgehead atoms. The summed E-state index contributed by atoms with van der Waals surface area (Å²) in [5, 5.41) is 8.47. The summed E-state index contributed by atoms with van der Waals surface area (Å²) < 4.78 is 14.1. The van der Waals surface area contributed by atoms with Crippen LogP contribution in [0.15, 0.2) is 99.2 Å². The van der Waals surface area contributed by atoms with Gasteiger partial charge in [-0.1, -0.05) is 67.0 Å². The van der Waals surface area contributed by atoms with E-state index in [1.807, 2.05) is 97.2 Å². The van der Waals surface area contributed by atoms with Gasteiger partial charge in [0.25, 0.3) is 5.56 Å². The van der Waals surface area contributed by atoms with Crippen molar-refractivity contribution in [2.24, 2.45) is 0 Å². The topological polar surface area (TPSA) is 107 Å². The standard InChI is InChI=1S/C33H31N5O4/c1-4-7-29-28(32(39)37(30-18-19-34-38(29)30)24-14-16-25(17-15-24)41-21(2)3)20-22-10-12-23(13-11-22)26-8-5-6-9-27(26)31-35-33(40)42-36-31/h5-6,8-19,21H,4,7,20H2,1-3H3,(H,35,36,40). The molecule has 3 aromatic carbocycles. The summed E-state index contributed by atoms with van der Waals surface area (Å²) in [6, 6.07) is 25.2. The third kappa shape index (κ3) is 5.16. The molecule has 0 unspecified atom stereocenters. The highest BCUT2D eigenvalue weighted by Crippen LogP contribution is 2.30. The van der Waals surface area contributed by atoms with Crippen LogP contribution in [0.25, 0.3) is 33.8 Å². The van der Waals surface area contributed by atoms with Crippen LogP contribution in [0.5, 0.6) is 5.75 Å².